The van der Waals surface area contributed by atoms with Crippen molar-refractivity contribution in [1.29, 1.82) is 0 Å². The number of hydrogen-bond donors (Lipinski definition) is 0. The van der Waals surface area contributed by atoms with Crippen LogP contribution in [0.25, 0.3) is 10.8 Å². The molecule has 1 amide bonds. The number of hydrogen-bond acceptors (Lipinski definition) is 5. The molecule has 0 N–H and O–H groups in total. The zero-order valence-electron chi connectivity index (χ0n) is 17.9. The first-order valence-corrected chi connectivity index (χ1v) is 11.4. The molecule has 0 aliphatic carbocycles. The van der Waals surface area contributed by atoms with E-state index in [1.807, 2.05) is 35.5 Å². The molecule has 5 rings (SSSR count). The van der Waals surface area contributed by atoms with Gasteiger partial charge in [0.15, 0.2) is 0 Å². The third-order valence-corrected chi connectivity index (χ3v) is 6.46. The van der Waals surface area contributed by atoms with E-state index in [1.54, 1.807) is 0 Å². The second kappa shape index (κ2) is 9.02. The number of carbonyl (C=O) groups excluding carboxylic acids is 1. The highest BCUT2D eigenvalue weighted by molar-refractivity contribution is 6.24. The molecule has 0 spiro atoms. The van der Waals surface area contributed by atoms with Gasteiger partial charge in [-0.1, -0.05) is 37.1 Å². The predicted octanol–water partition coefficient (Wildman–Crippen LogP) is 3.97. The summed E-state index contributed by atoms with van der Waals surface area (Å²) in [7, 11) is 0. The van der Waals surface area contributed by atoms with Gasteiger partial charge in [-0.05, 0) is 43.0 Å². The molecule has 0 atom stereocenters. The standard InChI is InChI=1S/C25H29N5O/c31-24-21-10-5-8-20-9-6-11-22(23(20)21)30(24)15-4-2-1-3-14-28-16-18-29(19-17-28)25-26-12-7-13-27-25/h5-13H,1-4,14-19H2. The molecular formula is C25H29N5O. The maximum Gasteiger partial charge on any atom is 0.258 e. The molecule has 1 fully saturated rings. The van der Waals surface area contributed by atoms with Crippen molar-refractivity contribution in [3.05, 3.63) is 60.4 Å². The average Bonchev–Trinajstić information content (AvgIpc) is 3.10. The highest BCUT2D eigenvalue weighted by Crippen LogP contribution is 2.37. The van der Waals surface area contributed by atoms with Crippen molar-refractivity contribution in [3.63, 3.8) is 0 Å². The number of benzene rings is 2. The topological polar surface area (TPSA) is 52.6 Å². The van der Waals surface area contributed by atoms with Gasteiger partial charge in [-0.15, -0.1) is 0 Å². The molecule has 0 radical (unpaired) electrons. The molecule has 0 unspecified atom stereocenters. The molecule has 6 heteroatoms. The van der Waals surface area contributed by atoms with Gasteiger partial charge in [0.1, 0.15) is 0 Å². The fourth-order valence-corrected chi connectivity index (χ4v) is 4.79. The molecule has 2 aliphatic heterocycles. The second-order valence-electron chi connectivity index (χ2n) is 8.43. The zero-order chi connectivity index (χ0) is 21.0. The number of amides is 1. The highest BCUT2D eigenvalue weighted by atomic mass is 16.2. The molecule has 0 saturated carbocycles. The van der Waals surface area contributed by atoms with E-state index >= 15 is 0 Å². The molecule has 160 valence electrons. The fourth-order valence-electron chi connectivity index (χ4n) is 4.79. The Balaban J connectivity index is 1.03. The molecule has 1 aromatic heterocycles. The highest BCUT2D eigenvalue weighted by Gasteiger charge is 2.28. The summed E-state index contributed by atoms with van der Waals surface area (Å²) in [6, 6.07) is 14.1. The Kier molecular flexibility index (Phi) is 5.80. The first-order valence-electron chi connectivity index (χ1n) is 11.4. The van der Waals surface area contributed by atoms with Gasteiger partial charge < -0.3 is 9.80 Å². The number of aromatic nitrogens is 2. The Hall–Kier alpha value is -2.99. The van der Waals surface area contributed by atoms with Crippen molar-refractivity contribution in [2.24, 2.45) is 0 Å². The summed E-state index contributed by atoms with van der Waals surface area (Å²) in [6.45, 7) is 6.09. The van der Waals surface area contributed by atoms with Crippen molar-refractivity contribution in [2.45, 2.75) is 25.7 Å². The summed E-state index contributed by atoms with van der Waals surface area (Å²) < 4.78 is 0. The molecule has 1 saturated heterocycles. The Labute approximate surface area is 183 Å². The minimum absolute atomic E-state index is 0.159. The van der Waals surface area contributed by atoms with Crippen LogP contribution in [-0.4, -0.2) is 60.0 Å². The van der Waals surface area contributed by atoms with E-state index in [9.17, 15) is 4.79 Å². The molecule has 3 aromatic rings. The Morgan fingerprint density at radius 3 is 2.26 bits per heavy atom. The van der Waals surface area contributed by atoms with E-state index in [1.165, 1.54) is 12.8 Å². The quantitative estimate of drug-likeness (QED) is 0.521. The lowest BCUT2D eigenvalue weighted by atomic mass is 10.1. The van der Waals surface area contributed by atoms with Gasteiger partial charge in [0.05, 0.1) is 5.69 Å². The zero-order valence-corrected chi connectivity index (χ0v) is 17.9. The van der Waals surface area contributed by atoms with Crippen LogP contribution in [-0.2, 0) is 0 Å². The van der Waals surface area contributed by atoms with Crippen LogP contribution in [0.4, 0.5) is 11.6 Å². The summed E-state index contributed by atoms with van der Waals surface area (Å²) in [5.41, 5.74) is 1.94. The van der Waals surface area contributed by atoms with Crippen LogP contribution in [0.5, 0.6) is 0 Å². The van der Waals surface area contributed by atoms with Gasteiger partial charge in [-0.3, -0.25) is 9.69 Å². The van der Waals surface area contributed by atoms with E-state index < -0.39 is 0 Å². The van der Waals surface area contributed by atoms with Gasteiger partial charge in [0.25, 0.3) is 5.91 Å². The van der Waals surface area contributed by atoms with Crippen molar-refractivity contribution in [2.75, 3.05) is 49.1 Å². The van der Waals surface area contributed by atoms with E-state index in [0.717, 1.165) is 80.1 Å². The van der Waals surface area contributed by atoms with Crippen molar-refractivity contribution >= 4 is 28.3 Å². The lowest BCUT2D eigenvalue weighted by Crippen LogP contribution is -2.47. The van der Waals surface area contributed by atoms with Gasteiger partial charge in [-0.2, -0.15) is 0 Å². The third-order valence-electron chi connectivity index (χ3n) is 6.46. The molecule has 3 heterocycles. The minimum Gasteiger partial charge on any atom is -0.338 e. The lowest BCUT2D eigenvalue weighted by Gasteiger charge is -2.34. The fraction of sp³-hybridized carbons (Fsp3) is 0.400. The van der Waals surface area contributed by atoms with E-state index in [-0.39, 0.29) is 5.91 Å². The first-order chi connectivity index (χ1) is 15.3. The summed E-state index contributed by atoms with van der Waals surface area (Å²) in [5, 5.41) is 2.28. The van der Waals surface area contributed by atoms with Gasteiger partial charge in [0, 0.05) is 56.1 Å². The summed E-state index contributed by atoms with van der Waals surface area (Å²) in [6.07, 6.45) is 8.25. The monoisotopic (exact) mass is 415 g/mol. The van der Waals surface area contributed by atoms with Crippen LogP contribution in [0.2, 0.25) is 0 Å². The van der Waals surface area contributed by atoms with E-state index in [0.29, 0.717) is 0 Å². The summed E-state index contributed by atoms with van der Waals surface area (Å²) in [4.78, 5) is 28.3. The molecule has 31 heavy (non-hydrogen) atoms. The van der Waals surface area contributed by atoms with Gasteiger partial charge in [-0.25, -0.2) is 9.97 Å². The van der Waals surface area contributed by atoms with Crippen LogP contribution >= 0.6 is 0 Å². The SMILES string of the molecule is O=C1c2cccc3cccc(c23)N1CCCCCCN1CCN(c2ncccn2)CC1. The summed E-state index contributed by atoms with van der Waals surface area (Å²) >= 11 is 0. The van der Waals surface area contributed by atoms with Crippen molar-refractivity contribution in [1.82, 2.24) is 14.9 Å². The molecular weight excluding hydrogens is 386 g/mol. The normalized spacial score (nSPS) is 16.5. The number of rotatable bonds is 8. The molecule has 6 nitrogen and oxygen atoms in total. The average molecular weight is 416 g/mol. The smallest absolute Gasteiger partial charge is 0.258 e. The van der Waals surface area contributed by atoms with Crippen LogP contribution in [0, 0.1) is 0 Å². The van der Waals surface area contributed by atoms with Crippen molar-refractivity contribution < 1.29 is 4.79 Å². The number of nitrogens with zero attached hydrogens (tertiary/aromatic N) is 5. The Bertz CT molecular complexity index is 1040. The molecule has 2 aromatic carbocycles. The maximum atomic E-state index is 12.8. The summed E-state index contributed by atoms with van der Waals surface area (Å²) in [5.74, 6) is 1.00. The number of carbonyl (C=O) groups is 1. The molecule has 0 bridgehead atoms. The lowest BCUT2D eigenvalue weighted by molar-refractivity contribution is 0.0992. The second-order valence-corrected chi connectivity index (χ2v) is 8.43. The number of anilines is 2. The van der Waals surface area contributed by atoms with Crippen molar-refractivity contribution in [3.8, 4) is 0 Å². The Morgan fingerprint density at radius 1 is 0.774 bits per heavy atom. The predicted molar refractivity (Wildman–Crippen MR) is 125 cm³/mol. The maximum absolute atomic E-state index is 12.8. The van der Waals surface area contributed by atoms with Gasteiger partial charge >= 0.3 is 0 Å². The number of unbranched alkanes of at least 4 members (excludes halogenated alkanes) is 3. The van der Waals surface area contributed by atoms with E-state index in [2.05, 4.69) is 44.0 Å². The largest absolute Gasteiger partial charge is 0.338 e. The van der Waals surface area contributed by atoms with Crippen LogP contribution in [0.3, 0.4) is 0 Å². The number of piperazine rings is 1. The first kappa shape index (κ1) is 19.9. The van der Waals surface area contributed by atoms with Crippen LogP contribution in [0.1, 0.15) is 36.0 Å². The Morgan fingerprint density at radius 2 is 1.48 bits per heavy atom. The van der Waals surface area contributed by atoms with E-state index in [4.69, 9.17) is 0 Å². The third kappa shape index (κ3) is 4.12. The minimum atomic E-state index is 0.159. The van der Waals surface area contributed by atoms with Gasteiger partial charge in [0.2, 0.25) is 5.95 Å². The van der Waals surface area contributed by atoms with Crippen LogP contribution < -0.4 is 9.80 Å². The molecule has 2 aliphatic rings. The van der Waals surface area contributed by atoms with Crippen LogP contribution in [0.15, 0.2) is 54.9 Å².